The molecule has 0 amide bonds. The second kappa shape index (κ2) is 12.4. The summed E-state index contributed by atoms with van der Waals surface area (Å²) in [5.74, 6) is 0. The quantitative estimate of drug-likeness (QED) is 0.458. The van der Waals surface area contributed by atoms with E-state index in [-0.39, 0.29) is 0 Å². The molecule has 2 atom stereocenters. The van der Waals surface area contributed by atoms with Crippen LogP contribution >= 0.6 is 0 Å². The van der Waals surface area contributed by atoms with Gasteiger partial charge in [-0.15, -0.1) is 0 Å². The first kappa shape index (κ1) is 17.0. The number of unbranched alkanes of at least 4 members (excludes halogenated alkanes) is 4. The topological polar surface area (TPSA) is 12.0 Å². The summed E-state index contributed by atoms with van der Waals surface area (Å²) < 4.78 is 0. The molecule has 1 heteroatoms. The molecular weight excluding hydrogens is 206 g/mol. The zero-order valence-corrected chi connectivity index (χ0v) is 12.7. The minimum absolute atomic E-state index is 0.758. The lowest BCUT2D eigenvalue weighted by molar-refractivity contribution is 0.359. The van der Waals surface area contributed by atoms with Crippen LogP contribution in [0.3, 0.4) is 0 Å². The Morgan fingerprint density at radius 3 is 1.35 bits per heavy atom. The molecule has 0 aliphatic heterocycles. The van der Waals surface area contributed by atoms with Crippen LogP contribution in [0.5, 0.6) is 0 Å². The van der Waals surface area contributed by atoms with E-state index in [4.69, 9.17) is 0 Å². The van der Waals surface area contributed by atoms with E-state index in [1.807, 2.05) is 0 Å². The zero-order valence-electron chi connectivity index (χ0n) is 12.7. The minimum Gasteiger partial charge on any atom is -0.311 e. The van der Waals surface area contributed by atoms with E-state index in [1.54, 1.807) is 0 Å². The van der Waals surface area contributed by atoms with Crippen molar-refractivity contribution in [1.29, 1.82) is 0 Å². The van der Waals surface area contributed by atoms with Gasteiger partial charge in [-0.1, -0.05) is 66.2 Å². The van der Waals surface area contributed by atoms with Crippen LogP contribution in [0.2, 0.25) is 0 Å². The lowest BCUT2D eigenvalue weighted by Gasteiger charge is -2.24. The van der Waals surface area contributed by atoms with Gasteiger partial charge in [0.2, 0.25) is 0 Å². The molecule has 0 aromatic rings. The summed E-state index contributed by atoms with van der Waals surface area (Å²) in [5, 5.41) is 3.87. The summed E-state index contributed by atoms with van der Waals surface area (Å²) in [7, 11) is 0. The van der Waals surface area contributed by atoms with E-state index in [9.17, 15) is 0 Å². The second-order valence-electron chi connectivity index (χ2n) is 5.37. The molecule has 0 aromatic heterocycles. The summed E-state index contributed by atoms with van der Waals surface area (Å²) in [6.45, 7) is 9.21. The van der Waals surface area contributed by atoms with E-state index < -0.39 is 0 Å². The average Bonchev–Trinajstić information content (AvgIpc) is 2.36. The van der Waals surface area contributed by atoms with Crippen molar-refractivity contribution >= 4 is 0 Å². The highest BCUT2D eigenvalue weighted by Gasteiger charge is 2.11. The van der Waals surface area contributed by atoms with E-state index in [1.165, 1.54) is 64.2 Å². The highest BCUT2D eigenvalue weighted by molar-refractivity contribution is 4.72. The fourth-order valence-corrected chi connectivity index (χ4v) is 2.43. The van der Waals surface area contributed by atoms with Gasteiger partial charge < -0.3 is 5.32 Å². The molecule has 0 aliphatic rings. The molecule has 0 rings (SSSR count). The molecule has 2 unspecified atom stereocenters. The number of hydrogen-bond donors (Lipinski definition) is 1. The molecule has 0 saturated heterocycles. The summed E-state index contributed by atoms with van der Waals surface area (Å²) in [5.41, 5.74) is 0. The molecule has 0 fully saturated rings. The Bertz CT molecular complexity index is 128. The second-order valence-corrected chi connectivity index (χ2v) is 5.37. The predicted molar refractivity (Wildman–Crippen MR) is 79.6 cm³/mol. The van der Waals surface area contributed by atoms with E-state index in [0.717, 1.165) is 12.1 Å². The van der Waals surface area contributed by atoms with Gasteiger partial charge in [-0.3, -0.25) is 0 Å². The standard InChI is InChI=1S/C16H35N/c1-5-9-11-13-15(7-3)17-16(8-4)14-12-10-6-2/h15-17H,5-14H2,1-4H3. The van der Waals surface area contributed by atoms with Gasteiger partial charge in [0, 0.05) is 12.1 Å². The van der Waals surface area contributed by atoms with Gasteiger partial charge in [-0.2, -0.15) is 0 Å². The van der Waals surface area contributed by atoms with Crippen LogP contribution in [-0.2, 0) is 0 Å². The van der Waals surface area contributed by atoms with Crippen molar-refractivity contribution in [3.8, 4) is 0 Å². The SMILES string of the molecule is CCCCCC(CC)NC(CC)CCCCC. The lowest BCUT2D eigenvalue weighted by Crippen LogP contribution is -2.37. The van der Waals surface area contributed by atoms with Crippen molar-refractivity contribution in [3.05, 3.63) is 0 Å². The third kappa shape index (κ3) is 9.64. The monoisotopic (exact) mass is 241 g/mol. The van der Waals surface area contributed by atoms with Crippen LogP contribution in [0.15, 0.2) is 0 Å². The Morgan fingerprint density at radius 2 is 1.06 bits per heavy atom. The van der Waals surface area contributed by atoms with Crippen LogP contribution in [0, 0.1) is 0 Å². The van der Waals surface area contributed by atoms with Crippen molar-refractivity contribution < 1.29 is 0 Å². The molecule has 0 saturated carbocycles. The van der Waals surface area contributed by atoms with Gasteiger partial charge in [-0.25, -0.2) is 0 Å². The first-order valence-electron chi connectivity index (χ1n) is 8.04. The van der Waals surface area contributed by atoms with Crippen molar-refractivity contribution in [2.75, 3.05) is 0 Å². The molecule has 0 radical (unpaired) electrons. The molecule has 1 N–H and O–H groups in total. The smallest absolute Gasteiger partial charge is 0.00670 e. The van der Waals surface area contributed by atoms with Crippen molar-refractivity contribution in [1.82, 2.24) is 5.32 Å². The number of rotatable bonds is 12. The molecule has 0 spiro atoms. The maximum Gasteiger partial charge on any atom is 0.00670 e. The molecular formula is C16H35N. The van der Waals surface area contributed by atoms with Crippen LogP contribution in [0.1, 0.15) is 91.9 Å². The van der Waals surface area contributed by atoms with Crippen molar-refractivity contribution in [2.24, 2.45) is 0 Å². The Balaban J connectivity index is 3.77. The molecule has 0 aliphatic carbocycles. The summed E-state index contributed by atoms with van der Waals surface area (Å²) in [4.78, 5) is 0. The molecule has 0 heterocycles. The Labute approximate surface area is 110 Å². The number of nitrogens with one attached hydrogen (secondary N) is 1. The molecule has 104 valence electrons. The van der Waals surface area contributed by atoms with Gasteiger partial charge in [0.25, 0.3) is 0 Å². The minimum atomic E-state index is 0.758. The Hall–Kier alpha value is -0.0400. The van der Waals surface area contributed by atoms with Gasteiger partial charge in [0.15, 0.2) is 0 Å². The molecule has 1 nitrogen and oxygen atoms in total. The van der Waals surface area contributed by atoms with Crippen molar-refractivity contribution in [2.45, 2.75) is 104 Å². The van der Waals surface area contributed by atoms with Gasteiger partial charge in [0.1, 0.15) is 0 Å². The highest BCUT2D eigenvalue weighted by Crippen LogP contribution is 2.11. The van der Waals surface area contributed by atoms with Gasteiger partial charge in [-0.05, 0) is 25.7 Å². The van der Waals surface area contributed by atoms with Crippen LogP contribution < -0.4 is 5.32 Å². The third-order valence-electron chi connectivity index (χ3n) is 3.77. The fourth-order valence-electron chi connectivity index (χ4n) is 2.43. The largest absolute Gasteiger partial charge is 0.311 e. The molecule has 0 bridgehead atoms. The van der Waals surface area contributed by atoms with Gasteiger partial charge in [0.05, 0.1) is 0 Å². The van der Waals surface area contributed by atoms with Crippen molar-refractivity contribution in [3.63, 3.8) is 0 Å². The van der Waals surface area contributed by atoms with E-state index >= 15 is 0 Å². The first-order chi connectivity index (χ1) is 8.28. The summed E-state index contributed by atoms with van der Waals surface area (Å²) >= 11 is 0. The Kier molecular flexibility index (Phi) is 12.4. The van der Waals surface area contributed by atoms with E-state index in [0.29, 0.717) is 0 Å². The predicted octanol–water partition coefficient (Wildman–Crippen LogP) is 5.29. The van der Waals surface area contributed by atoms with E-state index in [2.05, 4.69) is 33.0 Å². The van der Waals surface area contributed by atoms with Gasteiger partial charge >= 0.3 is 0 Å². The normalized spacial score (nSPS) is 14.8. The molecule has 0 aromatic carbocycles. The lowest BCUT2D eigenvalue weighted by atomic mass is 10.0. The number of hydrogen-bond acceptors (Lipinski definition) is 1. The maximum absolute atomic E-state index is 3.87. The zero-order chi connectivity index (χ0) is 12.9. The van der Waals surface area contributed by atoms with Crippen LogP contribution in [-0.4, -0.2) is 12.1 Å². The Morgan fingerprint density at radius 1 is 0.647 bits per heavy atom. The maximum atomic E-state index is 3.87. The third-order valence-corrected chi connectivity index (χ3v) is 3.77. The summed E-state index contributed by atoms with van der Waals surface area (Å²) in [6, 6.07) is 1.52. The van der Waals surface area contributed by atoms with Crippen LogP contribution in [0.25, 0.3) is 0 Å². The fraction of sp³-hybridized carbons (Fsp3) is 1.00. The first-order valence-corrected chi connectivity index (χ1v) is 8.04. The molecule has 17 heavy (non-hydrogen) atoms. The van der Waals surface area contributed by atoms with Crippen LogP contribution in [0.4, 0.5) is 0 Å². The average molecular weight is 241 g/mol. The summed E-state index contributed by atoms with van der Waals surface area (Å²) in [6.07, 6.45) is 13.6. The highest BCUT2D eigenvalue weighted by atomic mass is 14.9.